The molecule has 7 aromatic carbocycles. The normalized spacial score (nSPS) is 12.2. The standard InChI is InChI=1S/C51H42N2O2S/c1-31(2)32-17-19-33(20-18-32)34-21-23-35(24-22-34)36-28-43(41-14-10-13-40-39-11-7-9-16-46(39)55-49(40)41)48-47(29-36)56-50(53-48)42-12-6-8-15-44(42)52-30-37-27-38(51(3,4)5)25-26-45(37)54/h6-31,54H,1-5H3. The van der Waals surface area contributed by atoms with E-state index in [1.807, 2.05) is 42.5 Å². The lowest BCUT2D eigenvalue weighted by Gasteiger charge is -2.19. The fraction of sp³-hybridized carbons (Fsp3) is 0.137. The second kappa shape index (κ2) is 14.1. The third kappa shape index (κ3) is 6.58. The zero-order chi connectivity index (χ0) is 38.6. The molecule has 4 nitrogen and oxygen atoms in total. The zero-order valence-electron chi connectivity index (χ0n) is 32.2. The Morgan fingerprint density at radius 3 is 2.07 bits per heavy atom. The van der Waals surface area contributed by atoms with Gasteiger partial charge in [0.2, 0.25) is 0 Å². The molecule has 2 aromatic heterocycles. The summed E-state index contributed by atoms with van der Waals surface area (Å²) in [6.07, 6.45) is 1.75. The second-order valence-electron chi connectivity index (χ2n) is 15.8. The maximum absolute atomic E-state index is 10.7. The van der Waals surface area contributed by atoms with Gasteiger partial charge in [-0.1, -0.05) is 138 Å². The molecule has 9 rings (SSSR count). The number of para-hydroxylation sites is 3. The van der Waals surface area contributed by atoms with Crippen molar-refractivity contribution < 1.29 is 9.52 Å². The van der Waals surface area contributed by atoms with Crippen LogP contribution in [0.4, 0.5) is 5.69 Å². The van der Waals surface area contributed by atoms with E-state index in [0.717, 1.165) is 76.2 Å². The van der Waals surface area contributed by atoms with Crippen LogP contribution in [0.25, 0.3) is 76.1 Å². The van der Waals surface area contributed by atoms with Crippen molar-refractivity contribution in [3.8, 4) is 49.7 Å². The number of benzene rings is 7. The van der Waals surface area contributed by atoms with E-state index < -0.39 is 0 Å². The average Bonchev–Trinajstić information content (AvgIpc) is 3.82. The predicted molar refractivity (Wildman–Crippen MR) is 237 cm³/mol. The van der Waals surface area contributed by atoms with E-state index in [-0.39, 0.29) is 11.2 Å². The first-order valence-electron chi connectivity index (χ1n) is 19.1. The summed E-state index contributed by atoms with van der Waals surface area (Å²) in [4.78, 5) is 10.3. The monoisotopic (exact) mass is 746 g/mol. The zero-order valence-corrected chi connectivity index (χ0v) is 33.0. The highest BCUT2D eigenvalue weighted by molar-refractivity contribution is 7.21. The molecule has 0 bridgehead atoms. The van der Waals surface area contributed by atoms with Gasteiger partial charge in [0.15, 0.2) is 0 Å². The van der Waals surface area contributed by atoms with Gasteiger partial charge >= 0.3 is 0 Å². The molecule has 9 aromatic rings. The van der Waals surface area contributed by atoms with E-state index in [1.54, 1.807) is 23.6 Å². The number of hydrogen-bond acceptors (Lipinski definition) is 5. The Labute approximate surface area is 331 Å². The summed E-state index contributed by atoms with van der Waals surface area (Å²) in [6.45, 7) is 10.9. The third-order valence-electron chi connectivity index (χ3n) is 10.7. The molecule has 0 saturated carbocycles. The van der Waals surface area contributed by atoms with Crippen molar-refractivity contribution in [1.82, 2.24) is 4.98 Å². The predicted octanol–water partition coefficient (Wildman–Crippen LogP) is 14.7. The van der Waals surface area contributed by atoms with Gasteiger partial charge in [0.25, 0.3) is 0 Å². The van der Waals surface area contributed by atoms with Crippen LogP contribution in [0, 0.1) is 0 Å². The fourth-order valence-electron chi connectivity index (χ4n) is 7.42. The highest BCUT2D eigenvalue weighted by Gasteiger charge is 2.20. The van der Waals surface area contributed by atoms with Gasteiger partial charge in [-0.3, -0.25) is 4.99 Å². The number of furan rings is 1. The highest BCUT2D eigenvalue weighted by atomic mass is 32.1. The van der Waals surface area contributed by atoms with Gasteiger partial charge in [-0.25, -0.2) is 4.98 Å². The molecule has 5 heteroatoms. The van der Waals surface area contributed by atoms with Crippen LogP contribution in [0.1, 0.15) is 57.2 Å². The fourth-order valence-corrected chi connectivity index (χ4v) is 8.49. The quantitative estimate of drug-likeness (QED) is 0.165. The van der Waals surface area contributed by atoms with Crippen LogP contribution in [-0.4, -0.2) is 16.3 Å². The molecule has 0 fully saturated rings. The van der Waals surface area contributed by atoms with Crippen LogP contribution in [0.5, 0.6) is 5.75 Å². The minimum Gasteiger partial charge on any atom is -0.507 e. The first-order chi connectivity index (χ1) is 27.1. The molecule has 0 atom stereocenters. The van der Waals surface area contributed by atoms with Crippen molar-refractivity contribution in [2.24, 2.45) is 4.99 Å². The number of aromatic hydroxyl groups is 1. The Morgan fingerprint density at radius 2 is 1.32 bits per heavy atom. The SMILES string of the molecule is CC(C)c1ccc(-c2ccc(-c3cc(-c4cccc5c4oc4ccccc45)c4nc(-c5ccccc5N=Cc5cc(C(C)(C)C)ccc5O)sc4c3)cc2)cc1. The first-order valence-corrected chi connectivity index (χ1v) is 20.0. The first kappa shape index (κ1) is 35.4. The maximum atomic E-state index is 10.7. The molecule has 1 N–H and O–H groups in total. The van der Waals surface area contributed by atoms with Crippen molar-refractivity contribution in [1.29, 1.82) is 0 Å². The van der Waals surface area contributed by atoms with Crippen molar-refractivity contribution >= 4 is 55.4 Å². The Balaban J connectivity index is 1.18. The number of phenols is 1. The maximum Gasteiger partial charge on any atom is 0.143 e. The number of rotatable bonds is 7. The summed E-state index contributed by atoms with van der Waals surface area (Å²) < 4.78 is 7.65. The lowest BCUT2D eigenvalue weighted by Crippen LogP contribution is -2.11. The Morgan fingerprint density at radius 1 is 0.661 bits per heavy atom. The molecular weight excluding hydrogens is 705 g/mol. The van der Waals surface area contributed by atoms with Gasteiger partial charge in [-0.05, 0) is 87.2 Å². The highest BCUT2D eigenvalue weighted by Crippen LogP contribution is 2.44. The van der Waals surface area contributed by atoms with Gasteiger partial charge in [-0.2, -0.15) is 0 Å². The second-order valence-corrected chi connectivity index (χ2v) is 16.9. The lowest BCUT2D eigenvalue weighted by atomic mass is 9.86. The number of nitrogens with zero attached hydrogens (tertiary/aromatic N) is 2. The van der Waals surface area contributed by atoms with Crippen LogP contribution in [-0.2, 0) is 5.41 Å². The number of thiazole rings is 1. The van der Waals surface area contributed by atoms with Crippen molar-refractivity contribution in [2.75, 3.05) is 0 Å². The van der Waals surface area contributed by atoms with Crippen LogP contribution in [0.15, 0.2) is 155 Å². The number of aliphatic imine (C=N–C) groups is 1. The van der Waals surface area contributed by atoms with Gasteiger partial charge in [0.1, 0.15) is 21.9 Å². The molecule has 0 aliphatic carbocycles. The van der Waals surface area contributed by atoms with Crippen molar-refractivity contribution in [3.05, 3.63) is 162 Å². The van der Waals surface area contributed by atoms with E-state index in [0.29, 0.717) is 11.5 Å². The third-order valence-corrected chi connectivity index (χ3v) is 11.7. The minimum absolute atomic E-state index is 0.0554. The van der Waals surface area contributed by atoms with Crippen LogP contribution < -0.4 is 0 Å². The summed E-state index contributed by atoms with van der Waals surface area (Å²) in [7, 11) is 0. The summed E-state index contributed by atoms with van der Waals surface area (Å²) >= 11 is 1.66. The molecule has 56 heavy (non-hydrogen) atoms. The summed E-state index contributed by atoms with van der Waals surface area (Å²) in [5.74, 6) is 0.702. The number of phenolic OH excluding ortho intramolecular Hbond substituents is 1. The van der Waals surface area contributed by atoms with E-state index in [2.05, 4.69) is 132 Å². The summed E-state index contributed by atoms with van der Waals surface area (Å²) in [5, 5.41) is 13.8. The molecule has 0 aliphatic heterocycles. The summed E-state index contributed by atoms with van der Waals surface area (Å²) in [5.41, 5.74) is 14.1. The van der Waals surface area contributed by atoms with E-state index in [4.69, 9.17) is 14.4 Å². The average molecular weight is 747 g/mol. The molecule has 0 saturated heterocycles. The van der Waals surface area contributed by atoms with Gasteiger partial charge in [0, 0.05) is 39.2 Å². The van der Waals surface area contributed by atoms with Crippen LogP contribution in [0.2, 0.25) is 0 Å². The van der Waals surface area contributed by atoms with E-state index >= 15 is 0 Å². The Kier molecular flexibility index (Phi) is 8.90. The molecule has 0 radical (unpaired) electrons. The molecule has 0 amide bonds. The van der Waals surface area contributed by atoms with Crippen LogP contribution in [0.3, 0.4) is 0 Å². The summed E-state index contributed by atoms with van der Waals surface area (Å²) in [6, 6.07) is 50.7. The lowest BCUT2D eigenvalue weighted by molar-refractivity contribution is 0.473. The Bertz CT molecular complexity index is 2920. The van der Waals surface area contributed by atoms with Gasteiger partial charge in [0.05, 0.1) is 15.9 Å². The topological polar surface area (TPSA) is 58.6 Å². The molecular formula is C51H42N2O2S. The molecule has 0 unspecified atom stereocenters. The largest absolute Gasteiger partial charge is 0.507 e. The number of fused-ring (bicyclic) bond motifs is 4. The smallest absolute Gasteiger partial charge is 0.143 e. The van der Waals surface area contributed by atoms with E-state index in [1.165, 1.54) is 16.7 Å². The van der Waals surface area contributed by atoms with E-state index in [9.17, 15) is 5.11 Å². The number of aromatic nitrogens is 1. The molecule has 274 valence electrons. The Hall–Kier alpha value is -6.30. The molecule has 0 spiro atoms. The van der Waals surface area contributed by atoms with Crippen molar-refractivity contribution in [2.45, 2.75) is 46.0 Å². The van der Waals surface area contributed by atoms with Gasteiger partial charge < -0.3 is 9.52 Å². The minimum atomic E-state index is -0.0554. The molecule has 0 aliphatic rings. The number of hydrogen-bond donors (Lipinski definition) is 1. The van der Waals surface area contributed by atoms with Crippen molar-refractivity contribution in [3.63, 3.8) is 0 Å². The van der Waals surface area contributed by atoms with Crippen LogP contribution >= 0.6 is 11.3 Å². The molecule has 2 heterocycles. The van der Waals surface area contributed by atoms with Gasteiger partial charge in [-0.15, -0.1) is 11.3 Å².